The van der Waals surface area contributed by atoms with Crippen LogP contribution in [-0.4, -0.2) is 24.6 Å². The average Bonchev–Trinajstić information content (AvgIpc) is 2.51. The molecule has 23 heavy (non-hydrogen) atoms. The van der Waals surface area contributed by atoms with Gasteiger partial charge in [0.2, 0.25) is 0 Å². The van der Waals surface area contributed by atoms with Crippen molar-refractivity contribution in [3.8, 4) is 0 Å². The fourth-order valence-corrected chi connectivity index (χ4v) is 2.37. The fourth-order valence-electron chi connectivity index (χ4n) is 2.37. The molecule has 0 fully saturated rings. The molecule has 1 aromatic carbocycles. The standard InChI is InChI=1S/C19H28O4/c1-5-17(10-11-18(20)22-6-2)23-19(21)16-9-7-8-15(13-16)12-14(3)4/h7-9,13-14,17H,5-6,10-12H2,1-4H3. The zero-order valence-electron chi connectivity index (χ0n) is 14.6. The van der Waals surface area contributed by atoms with Crippen molar-refractivity contribution in [1.29, 1.82) is 0 Å². The number of carbonyl (C=O) groups is 2. The molecule has 0 aliphatic carbocycles. The number of hydrogen-bond acceptors (Lipinski definition) is 4. The first kappa shape index (κ1) is 19.2. The van der Waals surface area contributed by atoms with Gasteiger partial charge in [0.15, 0.2) is 0 Å². The van der Waals surface area contributed by atoms with E-state index in [1.54, 1.807) is 13.0 Å². The Labute approximate surface area is 139 Å². The average molecular weight is 320 g/mol. The van der Waals surface area contributed by atoms with Gasteiger partial charge in [-0.15, -0.1) is 0 Å². The van der Waals surface area contributed by atoms with Crippen molar-refractivity contribution >= 4 is 11.9 Å². The van der Waals surface area contributed by atoms with E-state index in [-0.39, 0.29) is 24.5 Å². The molecule has 0 bridgehead atoms. The molecular weight excluding hydrogens is 292 g/mol. The van der Waals surface area contributed by atoms with Crippen LogP contribution in [-0.2, 0) is 20.7 Å². The second-order valence-electron chi connectivity index (χ2n) is 6.08. The van der Waals surface area contributed by atoms with Crippen LogP contribution in [0, 0.1) is 5.92 Å². The molecule has 1 aromatic rings. The van der Waals surface area contributed by atoms with Gasteiger partial charge in [0.1, 0.15) is 6.10 Å². The lowest BCUT2D eigenvalue weighted by atomic mass is 10.0. The van der Waals surface area contributed by atoms with E-state index in [0.717, 1.165) is 12.0 Å². The maximum Gasteiger partial charge on any atom is 0.338 e. The van der Waals surface area contributed by atoms with E-state index in [2.05, 4.69) is 13.8 Å². The Morgan fingerprint density at radius 3 is 2.52 bits per heavy atom. The molecule has 0 heterocycles. The highest BCUT2D eigenvalue weighted by Gasteiger charge is 2.16. The molecule has 128 valence electrons. The van der Waals surface area contributed by atoms with Crippen molar-refractivity contribution < 1.29 is 19.1 Å². The van der Waals surface area contributed by atoms with Gasteiger partial charge in [-0.25, -0.2) is 4.79 Å². The lowest BCUT2D eigenvalue weighted by Crippen LogP contribution is -2.19. The molecule has 0 saturated heterocycles. The Kier molecular flexibility index (Phi) is 8.38. The quantitative estimate of drug-likeness (QED) is 0.641. The Morgan fingerprint density at radius 2 is 1.91 bits per heavy atom. The van der Waals surface area contributed by atoms with Crippen LogP contribution in [0.4, 0.5) is 0 Å². The number of rotatable bonds is 9. The minimum atomic E-state index is -0.327. The molecule has 0 radical (unpaired) electrons. The summed E-state index contributed by atoms with van der Waals surface area (Å²) in [5.41, 5.74) is 1.70. The SMILES string of the molecule is CCOC(=O)CCC(CC)OC(=O)c1cccc(CC(C)C)c1. The molecule has 0 spiro atoms. The summed E-state index contributed by atoms with van der Waals surface area (Å²) < 4.78 is 10.4. The van der Waals surface area contributed by atoms with E-state index in [9.17, 15) is 9.59 Å². The van der Waals surface area contributed by atoms with E-state index >= 15 is 0 Å². The molecule has 1 atom stereocenters. The van der Waals surface area contributed by atoms with Crippen molar-refractivity contribution in [2.75, 3.05) is 6.61 Å². The summed E-state index contributed by atoms with van der Waals surface area (Å²) in [5.74, 6) is -0.0403. The molecule has 0 amide bonds. The first-order chi connectivity index (χ1) is 11.0. The third-order valence-corrected chi connectivity index (χ3v) is 3.51. The van der Waals surface area contributed by atoms with Crippen LogP contribution in [0.1, 0.15) is 62.9 Å². The Hall–Kier alpha value is -1.84. The van der Waals surface area contributed by atoms with Gasteiger partial charge in [-0.1, -0.05) is 32.9 Å². The minimum absolute atomic E-state index is 0.249. The van der Waals surface area contributed by atoms with Crippen molar-refractivity contribution in [3.63, 3.8) is 0 Å². The number of benzene rings is 1. The molecule has 0 aromatic heterocycles. The number of ether oxygens (including phenoxy) is 2. The van der Waals surface area contributed by atoms with E-state index in [4.69, 9.17) is 9.47 Å². The summed E-state index contributed by atoms with van der Waals surface area (Å²) in [6.07, 6.45) is 2.11. The van der Waals surface area contributed by atoms with E-state index in [1.165, 1.54) is 0 Å². The van der Waals surface area contributed by atoms with Crippen LogP contribution in [0.15, 0.2) is 24.3 Å². The molecule has 0 aliphatic heterocycles. The van der Waals surface area contributed by atoms with E-state index < -0.39 is 0 Å². The predicted molar refractivity (Wildman–Crippen MR) is 90.3 cm³/mol. The summed E-state index contributed by atoms with van der Waals surface area (Å²) >= 11 is 0. The summed E-state index contributed by atoms with van der Waals surface area (Å²) in [6, 6.07) is 7.56. The van der Waals surface area contributed by atoms with Gasteiger partial charge in [-0.3, -0.25) is 4.79 Å². The lowest BCUT2D eigenvalue weighted by molar-refractivity contribution is -0.143. The molecule has 0 saturated carbocycles. The first-order valence-corrected chi connectivity index (χ1v) is 8.41. The number of hydrogen-bond donors (Lipinski definition) is 0. The molecular formula is C19H28O4. The monoisotopic (exact) mass is 320 g/mol. The van der Waals surface area contributed by atoms with Gasteiger partial charge >= 0.3 is 11.9 Å². The third-order valence-electron chi connectivity index (χ3n) is 3.51. The molecule has 1 unspecified atom stereocenters. The van der Waals surface area contributed by atoms with Crippen LogP contribution in [0.25, 0.3) is 0 Å². The number of carbonyl (C=O) groups excluding carboxylic acids is 2. The topological polar surface area (TPSA) is 52.6 Å². The normalized spacial score (nSPS) is 12.0. The number of esters is 2. The highest BCUT2D eigenvalue weighted by Crippen LogP contribution is 2.15. The second kappa shape index (κ2) is 10.0. The first-order valence-electron chi connectivity index (χ1n) is 8.41. The van der Waals surface area contributed by atoms with Gasteiger partial charge in [-0.2, -0.15) is 0 Å². The lowest BCUT2D eigenvalue weighted by Gasteiger charge is -2.16. The summed E-state index contributed by atoms with van der Waals surface area (Å²) in [7, 11) is 0. The summed E-state index contributed by atoms with van der Waals surface area (Å²) in [5, 5.41) is 0. The van der Waals surface area contributed by atoms with Crippen LogP contribution in [0.5, 0.6) is 0 Å². The molecule has 0 N–H and O–H groups in total. The molecule has 1 rings (SSSR count). The Morgan fingerprint density at radius 1 is 1.17 bits per heavy atom. The smallest absolute Gasteiger partial charge is 0.338 e. The van der Waals surface area contributed by atoms with Crippen molar-refractivity contribution in [1.82, 2.24) is 0 Å². The molecule has 4 nitrogen and oxygen atoms in total. The predicted octanol–water partition coefficient (Wildman–Crippen LogP) is 4.16. The van der Waals surface area contributed by atoms with Gasteiger partial charge in [0.05, 0.1) is 12.2 Å². The minimum Gasteiger partial charge on any atom is -0.466 e. The second-order valence-corrected chi connectivity index (χ2v) is 6.08. The molecule has 0 aliphatic rings. The van der Waals surface area contributed by atoms with Crippen LogP contribution in [0.3, 0.4) is 0 Å². The zero-order valence-corrected chi connectivity index (χ0v) is 14.6. The van der Waals surface area contributed by atoms with Crippen LogP contribution in [0.2, 0.25) is 0 Å². The van der Waals surface area contributed by atoms with Crippen molar-refractivity contribution in [3.05, 3.63) is 35.4 Å². The molecule has 4 heteroatoms. The highest BCUT2D eigenvalue weighted by molar-refractivity contribution is 5.89. The highest BCUT2D eigenvalue weighted by atomic mass is 16.5. The van der Waals surface area contributed by atoms with Gasteiger partial charge in [0.25, 0.3) is 0 Å². The van der Waals surface area contributed by atoms with Crippen LogP contribution < -0.4 is 0 Å². The zero-order chi connectivity index (χ0) is 17.2. The maximum atomic E-state index is 12.3. The summed E-state index contributed by atoms with van der Waals surface area (Å²) in [6.45, 7) is 8.39. The van der Waals surface area contributed by atoms with E-state index in [0.29, 0.717) is 30.9 Å². The van der Waals surface area contributed by atoms with Crippen molar-refractivity contribution in [2.24, 2.45) is 5.92 Å². The Bertz CT molecular complexity index is 508. The fraction of sp³-hybridized carbons (Fsp3) is 0.579. The summed E-state index contributed by atoms with van der Waals surface area (Å²) in [4.78, 5) is 23.7. The van der Waals surface area contributed by atoms with Gasteiger partial charge in [0, 0.05) is 6.42 Å². The van der Waals surface area contributed by atoms with Gasteiger partial charge < -0.3 is 9.47 Å². The van der Waals surface area contributed by atoms with E-state index in [1.807, 2.05) is 25.1 Å². The Balaban J connectivity index is 2.60. The maximum absolute atomic E-state index is 12.3. The van der Waals surface area contributed by atoms with Gasteiger partial charge in [-0.05, 0) is 49.8 Å². The van der Waals surface area contributed by atoms with Crippen molar-refractivity contribution in [2.45, 2.75) is 59.5 Å². The van der Waals surface area contributed by atoms with Crippen LogP contribution >= 0.6 is 0 Å². The third kappa shape index (κ3) is 7.31. The largest absolute Gasteiger partial charge is 0.466 e.